The van der Waals surface area contributed by atoms with Gasteiger partial charge in [0.25, 0.3) is 0 Å². The Morgan fingerprint density at radius 2 is 2.09 bits per heavy atom. The normalized spacial score (nSPS) is 22.7. The van der Waals surface area contributed by atoms with Gasteiger partial charge in [0, 0.05) is 36.5 Å². The molecule has 0 radical (unpaired) electrons. The Labute approximate surface area is 135 Å². The molecule has 6 heteroatoms. The summed E-state index contributed by atoms with van der Waals surface area (Å²) in [5.41, 5.74) is 0. The SMILES string of the molecule is O=C(NCC(=O)N1CCCC(c2nccs2)C1)C1CCCC1. The molecule has 120 valence electrons. The van der Waals surface area contributed by atoms with E-state index in [1.54, 1.807) is 11.3 Å². The zero-order chi connectivity index (χ0) is 15.4. The molecular weight excluding hydrogens is 298 g/mol. The van der Waals surface area contributed by atoms with Crippen molar-refractivity contribution >= 4 is 23.2 Å². The van der Waals surface area contributed by atoms with Crippen LogP contribution in [0.25, 0.3) is 0 Å². The summed E-state index contributed by atoms with van der Waals surface area (Å²) < 4.78 is 0. The van der Waals surface area contributed by atoms with Gasteiger partial charge in [0.15, 0.2) is 0 Å². The van der Waals surface area contributed by atoms with Gasteiger partial charge in [0.1, 0.15) is 0 Å². The fourth-order valence-electron chi connectivity index (χ4n) is 3.45. The van der Waals surface area contributed by atoms with Gasteiger partial charge in [-0.2, -0.15) is 0 Å². The molecule has 1 aliphatic heterocycles. The molecule has 2 amide bonds. The zero-order valence-electron chi connectivity index (χ0n) is 12.8. The van der Waals surface area contributed by atoms with E-state index in [0.717, 1.165) is 56.6 Å². The van der Waals surface area contributed by atoms with E-state index in [0.29, 0.717) is 5.92 Å². The van der Waals surface area contributed by atoms with Crippen LogP contribution >= 0.6 is 11.3 Å². The summed E-state index contributed by atoms with van der Waals surface area (Å²) in [4.78, 5) is 30.6. The van der Waals surface area contributed by atoms with Gasteiger partial charge in [-0.05, 0) is 25.7 Å². The topological polar surface area (TPSA) is 62.3 Å². The van der Waals surface area contributed by atoms with Crippen LogP contribution in [0, 0.1) is 5.92 Å². The highest BCUT2D eigenvalue weighted by Crippen LogP contribution is 2.28. The molecule has 1 aromatic heterocycles. The van der Waals surface area contributed by atoms with Crippen molar-refractivity contribution in [3.05, 3.63) is 16.6 Å². The third-order valence-corrected chi connectivity index (χ3v) is 5.65. The average Bonchev–Trinajstić information content (AvgIpc) is 3.25. The maximum absolute atomic E-state index is 12.3. The molecule has 2 heterocycles. The number of likely N-dealkylation sites (tertiary alicyclic amines) is 1. The Kier molecular flexibility index (Phi) is 5.08. The van der Waals surface area contributed by atoms with Gasteiger partial charge in [-0.15, -0.1) is 11.3 Å². The van der Waals surface area contributed by atoms with Crippen LogP contribution in [0.5, 0.6) is 0 Å². The van der Waals surface area contributed by atoms with Crippen LogP contribution in [0.1, 0.15) is 49.5 Å². The number of amides is 2. The van der Waals surface area contributed by atoms with E-state index in [4.69, 9.17) is 0 Å². The number of nitrogens with zero attached hydrogens (tertiary/aromatic N) is 2. The molecule has 1 saturated carbocycles. The quantitative estimate of drug-likeness (QED) is 0.924. The van der Waals surface area contributed by atoms with Crippen molar-refractivity contribution in [2.24, 2.45) is 5.92 Å². The fourth-order valence-corrected chi connectivity index (χ4v) is 4.22. The molecule has 5 nitrogen and oxygen atoms in total. The minimum absolute atomic E-state index is 0.0348. The highest BCUT2D eigenvalue weighted by atomic mass is 32.1. The van der Waals surface area contributed by atoms with Crippen molar-refractivity contribution in [3.8, 4) is 0 Å². The van der Waals surface area contributed by atoms with E-state index < -0.39 is 0 Å². The Morgan fingerprint density at radius 3 is 2.82 bits per heavy atom. The van der Waals surface area contributed by atoms with Gasteiger partial charge in [-0.1, -0.05) is 12.8 Å². The third kappa shape index (κ3) is 3.66. The second-order valence-corrected chi connectivity index (χ2v) is 7.17. The van der Waals surface area contributed by atoms with Gasteiger partial charge < -0.3 is 10.2 Å². The Hall–Kier alpha value is -1.43. The van der Waals surface area contributed by atoms with Crippen LogP contribution in [0.4, 0.5) is 0 Å². The van der Waals surface area contributed by atoms with Crippen LogP contribution in [0.15, 0.2) is 11.6 Å². The van der Waals surface area contributed by atoms with Crippen molar-refractivity contribution in [1.29, 1.82) is 0 Å². The summed E-state index contributed by atoms with van der Waals surface area (Å²) in [6, 6.07) is 0. The molecule has 3 rings (SSSR count). The number of rotatable bonds is 4. The van der Waals surface area contributed by atoms with Crippen LogP contribution in [0.2, 0.25) is 0 Å². The second-order valence-electron chi connectivity index (χ2n) is 6.25. The van der Waals surface area contributed by atoms with Crippen LogP contribution in [0.3, 0.4) is 0 Å². The molecule has 1 unspecified atom stereocenters. The molecular formula is C16H23N3O2S. The number of nitrogens with one attached hydrogen (secondary N) is 1. The standard InChI is InChI=1S/C16H23N3O2S/c20-14(10-18-15(21)12-4-1-2-5-12)19-8-3-6-13(11-19)16-17-7-9-22-16/h7,9,12-13H,1-6,8,10-11H2,(H,18,21). The maximum atomic E-state index is 12.3. The van der Waals surface area contributed by atoms with E-state index in [1.807, 2.05) is 16.5 Å². The monoisotopic (exact) mass is 321 g/mol. The van der Waals surface area contributed by atoms with Gasteiger partial charge in [-0.25, -0.2) is 4.98 Å². The lowest BCUT2D eigenvalue weighted by Gasteiger charge is -2.32. The van der Waals surface area contributed by atoms with E-state index in [-0.39, 0.29) is 24.3 Å². The Morgan fingerprint density at radius 1 is 1.27 bits per heavy atom. The van der Waals surface area contributed by atoms with Crippen molar-refractivity contribution in [2.45, 2.75) is 44.4 Å². The van der Waals surface area contributed by atoms with E-state index >= 15 is 0 Å². The third-order valence-electron chi connectivity index (χ3n) is 4.71. The first-order valence-electron chi connectivity index (χ1n) is 8.19. The van der Waals surface area contributed by atoms with Crippen molar-refractivity contribution < 1.29 is 9.59 Å². The summed E-state index contributed by atoms with van der Waals surface area (Å²) >= 11 is 1.66. The van der Waals surface area contributed by atoms with Crippen LogP contribution in [-0.4, -0.2) is 41.3 Å². The zero-order valence-corrected chi connectivity index (χ0v) is 13.6. The predicted molar refractivity (Wildman–Crippen MR) is 85.6 cm³/mol. The number of thiazole rings is 1. The van der Waals surface area contributed by atoms with Crippen molar-refractivity contribution in [1.82, 2.24) is 15.2 Å². The van der Waals surface area contributed by atoms with Gasteiger partial charge in [0.2, 0.25) is 11.8 Å². The maximum Gasteiger partial charge on any atom is 0.241 e. The molecule has 1 N–H and O–H groups in total. The predicted octanol–water partition coefficient (Wildman–Crippen LogP) is 2.16. The number of hydrogen-bond acceptors (Lipinski definition) is 4. The average molecular weight is 321 g/mol. The second kappa shape index (κ2) is 7.22. The number of hydrogen-bond donors (Lipinski definition) is 1. The number of carbonyl (C=O) groups is 2. The minimum Gasteiger partial charge on any atom is -0.347 e. The molecule has 22 heavy (non-hydrogen) atoms. The van der Waals surface area contributed by atoms with Gasteiger partial charge >= 0.3 is 0 Å². The van der Waals surface area contributed by atoms with E-state index in [2.05, 4.69) is 10.3 Å². The lowest BCUT2D eigenvalue weighted by Crippen LogP contribution is -2.45. The van der Waals surface area contributed by atoms with Gasteiger partial charge in [-0.3, -0.25) is 9.59 Å². The highest BCUT2D eigenvalue weighted by molar-refractivity contribution is 7.09. The largest absolute Gasteiger partial charge is 0.347 e. The lowest BCUT2D eigenvalue weighted by atomic mass is 9.98. The van der Waals surface area contributed by atoms with E-state index in [9.17, 15) is 9.59 Å². The molecule has 0 spiro atoms. The molecule has 2 aliphatic rings. The number of piperidine rings is 1. The smallest absolute Gasteiger partial charge is 0.241 e. The first-order chi connectivity index (χ1) is 10.7. The summed E-state index contributed by atoms with van der Waals surface area (Å²) in [6.07, 6.45) is 8.12. The molecule has 1 aliphatic carbocycles. The molecule has 0 bridgehead atoms. The molecule has 2 fully saturated rings. The summed E-state index contributed by atoms with van der Waals surface area (Å²) in [5, 5.41) is 5.93. The van der Waals surface area contributed by atoms with Crippen LogP contribution < -0.4 is 5.32 Å². The molecule has 0 aromatic carbocycles. The number of aromatic nitrogens is 1. The van der Waals surface area contributed by atoms with Crippen LogP contribution in [-0.2, 0) is 9.59 Å². The van der Waals surface area contributed by atoms with Crippen molar-refractivity contribution in [3.63, 3.8) is 0 Å². The first-order valence-corrected chi connectivity index (χ1v) is 9.07. The summed E-state index contributed by atoms with van der Waals surface area (Å²) in [5.74, 6) is 0.562. The molecule has 1 saturated heterocycles. The van der Waals surface area contributed by atoms with Gasteiger partial charge in [0.05, 0.1) is 11.6 Å². The van der Waals surface area contributed by atoms with E-state index in [1.165, 1.54) is 0 Å². The first kappa shape index (κ1) is 15.5. The Bertz CT molecular complexity index is 511. The molecule has 1 aromatic rings. The summed E-state index contributed by atoms with van der Waals surface area (Å²) in [7, 11) is 0. The fraction of sp³-hybridized carbons (Fsp3) is 0.688. The highest BCUT2D eigenvalue weighted by Gasteiger charge is 2.27. The number of carbonyl (C=O) groups excluding carboxylic acids is 2. The minimum atomic E-state index is 0.0348. The lowest BCUT2D eigenvalue weighted by molar-refractivity contribution is -0.134. The summed E-state index contributed by atoms with van der Waals surface area (Å²) in [6.45, 7) is 1.66. The van der Waals surface area contributed by atoms with Crippen molar-refractivity contribution in [2.75, 3.05) is 19.6 Å². The molecule has 1 atom stereocenters. The Balaban J connectivity index is 1.48.